The molecule has 1 aliphatic heterocycles. The van der Waals surface area contributed by atoms with Crippen molar-refractivity contribution < 1.29 is 17.9 Å². The molecule has 104 valence electrons. The Morgan fingerprint density at radius 1 is 1.44 bits per heavy atom. The van der Waals surface area contributed by atoms with Crippen molar-refractivity contribution in [2.45, 2.75) is 19.8 Å². The molecule has 6 nitrogen and oxygen atoms in total. The Bertz CT molecular complexity index is 411. The van der Waals surface area contributed by atoms with Gasteiger partial charge in [-0.2, -0.15) is 17.4 Å². The van der Waals surface area contributed by atoms with E-state index in [1.165, 1.54) is 11.4 Å². The van der Waals surface area contributed by atoms with Crippen LogP contribution >= 0.6 is 0 Å². The molecule has 7 heteroatoms. The second-order valence-electron chi connectivity index (χ2n) is 4.48. The maximum atomic E-state index is 11.9. The van der Waals surface area contributed by atoms with E-state index < -0.39 is 10.2 Å². The minimum atomic E-state index is -3.46. The van der Waals surface area contributed by atoms with Crippen molar-refractivity contribution in [2.24, 2.45) is 5.92 Å². The fraction of sp³-hybridized carbons (Fsp3) is 0.727. The molecule has 0 aliphatic carbocycles. The highest BCUT2D eigenvalue weighted by Crippen LogP contribution is 2.20. The predicted molar refractivity (Wildman–Crippen MR) is 68.0 cm³/mol. The highest BCUT2D eigenvalue weighted by Gasteiger charge is 2.31. The van der Waals surface area contributed by atoms with E-state index in [1.807, 2.05) is 0 Å². The maximum absolute atomic E-state index is 11.9. The fourth-order valence-electron chi connectivity index (χ4n) is 1.80. The van der Waals surface area contributed by atoms with Crippen molar-refractivity contribution >= 4 is 16.2 Å². The van der Waals surface area contributed by atoms with Crippen LogP contribution in [0.1, 0.15) is 19.8 Å². The van der Waals surface area contributed by atoms with E-state index in [4.69, 9.17) is 0 Å². The van der Waals surface area contributed by atoms with Crippen molar-refractivity contribution in [3.8, 4) is 0 Å². The molecule has 1 saturated heterocycles. The largest absolute Gasteiger partial charge is 0.469 e. The van der Waals surface area contributed by atoms with Gasteiger partial charge in [-0.15, -0.1) is 0 Å². The molecule has 1 aliphatic rings. The molecule has 0 spiro atoms. The molecule has 0 bridgehead atoms. The molecule has 18 heavy (non-hydrogen) atoms. The van der Waals surface area contributed by atoms with Crippen molar-refractivity contribution in [1.29, 1.82) is 0 Å². The molecule has 0 amide bonds. The van der Waals surface area contributed by atoms with E-state index in [1.54, 1.807) is 6.92 Å². The van der Waals surface area contributed by atoms with Crippen LogP contribution in [0.15, 0.2) is 12.2 Å². The fourth-order valence-corrected chi connectivity index (χ4v) is 3.11. The number of ether oxygens (including phenoxy) is 1. The average Bonchev–Trinajstić information content (AvgIpc) is 2.36. The van der Waals surface area contributed by atoms with Crippen LogP contribution in [-0.2, 0) is 19.7 Å². The van der Waals surface area contributed by atoms with Gasteiger partial charge in [-0.1, -0.05) is 12.2 Å². The van der Waals surface area contributed by atoms with Crippen molar-refractivity contribution in [3.63, 3.8) is 0 Å². The van der Waals surface area contributed by atoms with Crippen LogP contribution in [0.4, 0.5) is 0 Å². The van der Waals surface area contributed by atoms with Crippen LogP contribution in [0, 0.1) is 5.92 Å². The third-order valence-electron chi connectivity index (χ3n) is 2.88. The first-order valence-corrected chi connectivity index (χ1v) is 7.27. The first kappa shape index (κ1) is 15.1. The second kappa shape index (κ2) is 6.31. The van der Waals surface area contributed by atoms with E-state index in [9.17, 15) is 13.2 Å². The maximum Gasteiger partial charge on any atom is 0.308 e. The molecular formula is C11H20N2O4S. The molecule has 1 heterocycles. The monoisotopic (exact) mass is 276 g/mol. The van der Waals surface area contributed by atoms with Crippen LogP contribution in [0.2, 0.25) is 0 Å². The number of nitrogens with zero attached hydrogens (tertiary/aromatic N) is 1. The zero-order chi connectivity index (χ0) is 13.8. The SMILES string of the molecule is C=C(C)CNS(=O)(=O)N1CCC(C(=O)OC)CC1. The molecule has 1 rings (SSSR count). The number of hydrogen-bond donors (Lipinski definition) is 1. The average molecular weight is 276 g/mol. The summed E-state index contributed by atoms with van der Waals surface area (Å²) in [5.74, 6) is -0.454. The quantitative estimate of drug-likeness (QED) is 0.578. The number of rotatable bonds is 5. The summed E-state index contributed by atoms with van der Waals surface area (Å²) in [6, 6.07) is 0. The predicted octanol–water partition coefficient (Wildman–Crippen LogP) is 0.282. The number of hydrogen-bond acceptors (Lipinski definition) is 4. The summed E-state index contributed by atoms with van der Waals surface area (Å²) in [6.45, 7) is 6.31. The number of carbonyl (C=O) groups is 1. The van der Waals surface area contributed by atoms with Crippen LogP contribution in [0.5, 0.6) is 0 Å². The summed E-state index contributed by atoms with van der Waals surface area (Å²) in [6.07, 6.45) is 1.00. The number of esters is 1. The minimum absolute atomic E-state index is 0.192. The minimum Gasteiger partial charge on any atom is -0.469 e. The lowest BCUT2D eigenvalue weighted by molar-refractivity contribution is -0.146. The number of carbonyl (C=O) groups excluding carboxylic acids is 1. The topological polar surface area (TPSA) is 75.7 Å². The van der Waals surface area contributed by atoms with Gasteiger partial charge in [-0.05, 0) is 19.8 Å². The van der Waals surface area contributed by atoms with Crippen LogP contribution in [0.3, 0.4) is 0 Å². The molecule has 0 aromatic heterocycles. The van der Waals surface area contributed by atoms with Gasteiger partial charge in [-0.25, -0.2) is 0 Å². The van der Waals surface area contributed by atoms with Crippen molar-refractivity contribution in [3.05, 3.63) is 12.2 Å². The molecular weight excluding hydrogens is 256 g/mol. The van der Waals surface area contributed by atoms with Crippen LogP contribution < -0.4 is 4.72 Å². The smallest absolute Gasteiger partial charge is 0.308 e. The summed E-state index contributed by atoms with van der Waals surface area (Å²) in [7, 11) is -2.12. The van der Waals surface area contributed by atoms with Gasteiger partial charge in [0.15, 0.2) is 0 Å². The molecule has 0 saturated carbocycles. The zero-order valence-electron chi connectivity index (χ0n) is 10.8. The lowest BCUT2D eigenvalue weighted by Gasteiger charge is -2.29. The lowest BCUT2D eigenvalue weighted by Crippen LogP contribution is -2.46. The summed E-state index contributed by atoms with van der Waals surface area (Å²) >= 11 is 0. The summed E-state index contributed by atoms with van der Waals surface area (Å²) in [5.41, 5.74) is 0.753. The van der Waals surface area contributed by atoms with Gasteiger partial charge in [-0.3, -0.25) is 4.79 Å². The second-order valence-corrected chi connectivity index (χ2v) is 6.23. The first-order chi connectivity index (χ1) is 8.36. The standard InChI is InChI=1S/C11H20N2O4S/c1-9(2)8-12-18(15,16)13-6-4-10(5-7-13)11(14)17-3/h10,12H,1,4-8H2,2-3H3. The molecule has 0 atom stereocenters. The Morgan fingerprint density at radius 2 is 2.00 bits per heavy atom. The number of methoxy groups -OCH3 is 1. The van der Waals surface area contributed by atoms with E-state index in [0.717, 1.165) is 5.57 Å². The van der Waals surface area contributed by atoms with Gasteiger partial charge in [0.2, 0.25) is 0 Å². The number of piperidine rings is 1. The molecule has 0 unspecified atom stereocenters. The third-order valence-corrected chi connectivity index (χ3v) is 4.44. The Labute approximate surface area is 108 Å². The van der Waals surface area contributed by atoms with Gasteiger partial charge < -0.3 is 4.74 Å². The van der Waals surface area contributed by atoms with E-state index in [0.29, 0.717) is 25.9 Å². The summed E-state index contributed by atoms with van der Waals surface area (Å²) in [4.78, 5) is 11.3. The van der Waals surface area contributed by atoms with Gasteiger partial charge in [0.25, 0.3) is 10.2 Å². The Morgan fingerprint density at radius 3 is 2.44 bits per heavy atom. The molecule has 0 radical (unpaired) electrons. The Hall–Kier alpha value is -0.920. The normalized spacial score (nSPS) is 18.6. The number of nitrogens with one attached hydrogen (secondary N) is 1. The highest BCUT2D eigenvalue weighted by atomic mass is 32.2. The van der Waals surface area contributed by atoms with Gasteiger partial charge in [0, 0.05) is 19.6 Å². The van der Waals surface area contributed by atoms with Crippen LogP contribution in [-0.4, -0.2) is 45.4 Å². The molecule has 0 aromatic rings. The molecule has 1 fully saturated rings. The van der Waals surface area contributed by atoms with Gasteiger partial charge in [0.05, 0.1) is 13.0 Å². The van der Waals surface area contributed by atoms with Crippen molar-refractivity contribution in [1.82, 2.24) is 9.03 Å². The van der Waals surface area contributed by atoms with Gasteiger partial charge >= 0.3 is 5.97 Å². The Balaban J connectivity index is 2.51. The first-order valence-electron chi connectivity index (χ1n) is 5.83. The lowest BCUT2D eigenvalue weighted by atomic mass is 9.99. The van der Waals surface area contributed by atoms with Crippen molar-refractivity contribution in [2.75, 3.05) is 26.7 Å². The Kier molecular flexibility index (Phi) is 5.30. The van der Waals surface area contributed by atoms with E-state index >= 15 is 0 Å². The van der Waals surface area contributed by atoms with E-state index in [2.05, 4.69) is 16.0 Å². The van der Waals surface area contributed by atoms with E-state index in [-0.39, 0.29) is 18.4 Å². The summed E-state index contributed by atoms with van der Waals surface area (Å²) in [5, 5.41) is 0. The third kappa shape index (κ3) is 4.08. The van der Waals surface area contributed by atoms with Gasteiger partial charge in [0.1, 0.15) is 0 Å². The zero-order valence-corrected chi connectivity index (χ0v) is 11.6. The van der Waals surface area contributed by atoms with Crippen LogP contribution in [0.25, 0.3) is 0 Å². The molecule has 1 N–H and O–H groups in total. The molecule has 0 aromatic carbocycles. The summed E-state index contributed by atoms with van der Waals surface area (Å²) < 4.78 is 32.3. The highest BCUT2D eigenvalue weighted by molar-refractivity contribution is 7.87.